The van der Waals surface area contributed by atoms with Crippen LogP contribution < -0.4 is 4.74 Å². The number of ether oxygens (including phenoxy) is 1. The Bertz CT molecular complexity index is 665. The SMILES string of the molecule is CCCCCCCCCCCCCCCC[C@]1(C)CCc2c(C)c(F)c(C)c(C)c2O1. The van der Waals surface area contributed by atoms with Crippen LogP contribution in [0.15, 0.2) is 0 Å². The summed E-state index contributed by atoms with van der Waals surface area (Å²) in [4.78, 5) is 0. The van der Waals surface area contributed by atoms with Crippen molar-refractivity contribution < 1.29 is 9.13 Å². The van der Waals surface area contributed by atoms with E-state index in [-0.39, 0.29) is 11.4 Å². The molecule has 2 heteroatoms. The minimum atomic E-state index is -0.0917. The highest BCUT2D eigenvalue weighted by atomic mass is 19.1. The lowest BCUT2D eigenvalue weighted by atomic mass is 9.84. The van der Waals surface area contributed by atoms with Gasteiger partial charge in [0, 0.05) is 5.56 Å². The Morgan fingerprint density at radius 2 is 1.19 bits per heavy atom. The van der Waals surface area contributed by atoms with Crippen molar-refractivity contribution in [2.45, 2.75) is 149 Å². The van der Waals surface area contributed by atoms with Crippen molar-refractivity contribution >= 4 is 0 Å². The fourth-order valence-electron chi connectivity index (χ4n) is 5.14. The number of halogens is 1. The Hall–Kier alpha value is -1.05. The van der Waals surface area contributed by atoms with Gasteiger partial charge < -0.3 is 4.74 Å². The van der Waals surface area contributed by atoms with Crippen LogP contribution in [0.5, 0.6) is 5.75 Å². The van der Waals surface area contributed by atoms with Gasteiger partial charge in [-0.05, 0) is 70.1 Å². The minimum Gasteiger partial charge on any atom is -0.487 e. The number of unbranched alkanes of at least 4 members (excludes halogenated alkanes) is 13. The molecule has 1 heterocycles. The molecule has 1 aromatic rings. The maximum Gasteiger partial charge on any atom is 0.129 e. The average Bonchev–Trinajstić information content (AvgIpc) is 2.76. The fraction of sp³-hybridized carbons (Fsp3) is 0.793. The summed E-state index contributed by atoms with van der Waals surface area (Å²) in [6.45, 7) is 10.3. The molecular formula is C29H49FO. The van der Waals surface area contributed by atoms with Gasteiger partial charge in [0.05, 0.1) is 0 Å². The Morgan fingerprint density at radius 3 is 1.71 bits per heavy atom. The summed E-state index contributed by atoms with van der Waals surface area (Å²) in [6, 6.07) is 0. The molecule has 178 valence electrons. The zero-order chi connectivity index (χ0) is 22.7. The summed E-state index contributed by atoms with van der Waals surface area (Å²) in [7, 11) is 0. The van der Waals surface area contributed by atoms with Gasteiger partial charge in [0.15, 0.2) is 0 Å². The van der Waals surface area contributed by atoms with Gasteiger partial charge in [-0.1, -0.05) is 90.4 Å². The molecule has 0 aromatic heterocycles. The number of fused-ring (bicyclic) bond motifs is 1. The Kier molecular flexibility index (Phi) is 11.4. The van der Waals surface area contributed by atoms with Crippen LogP contribution in [-0.4, -0.2) is 5.60 Å². The van der Waals surface area contributed by atoms with Crippen molar-refractivity contribution in [1.29, 1.82) is 0 Å². The molecule has 0 fully saturated rings. The smallest absolute Gasteiger partial charge is 0.129 e. The van der Waals surface area contributed by atoms with E-state index < -0.39 is 0 Å². The lowest BCUT2D eigenvalue weighted by molar-refractivity contribution is 0.0521. The first-order chi connectivity index (χ1) is 14.9. The third-order valence-electron chi connectivity index (χ3n) is 7.60. The number of benzene rings is 1. The molecule has 0 radical (unpaired) electrons. The number of rotatable bonds is 15. The molecule has 1 nitrogen and oxygen atoms in total. The first kappa shape index (κ1) is 26.2. The van der Waals surface area contributed by atoms with Crippen molar-refractivity contribution in [2.75, 3.05) is 0 Å². The van der Waals surface area contributed by atoms with Gasteiger partial charge in [0.1, 0.15) is 17.2 Å². The van der Waals surface area contributed by atoms with Crippen LogP contribution in [0.3, 0.4) is 0 Å². The largest absolute Gasteiger partial charge is 0.487 e. The quantitative estimate of drug-likeness (QED) is 0.251. The number of hydrogen-bond acceptors (Lipinski definition) is 1. The Morgan fingerprint density at radius 1 is 0.710 bits per heavy atom. The van der Waals surface area contributed by atoms with Crippen molar-refractivity contribution in [2.24, 2.45) is 0 Å². The Balaban J connectivity index is 1.57. The summed E-state index contributed by atoms with van der Waals surface area (Å²) in [5, 5.41) is 0. The van der Waals surface area contributed by atoms with E-state index >= 15 is 0 Å². The van der Waals surface area contributed by atoms with Gasteiger partial charge in [-0.15, -0.1) is 0 Å². The van der Waals surface area contributed by atoms with E-state index in [1.54, 1.807) is 0 Å². The third kappa shape index (κ3) is 8.10. The van der Waals surface area contributed by atoms with Crippen LogP contribution in [0.2, 0.25) is 0 Å². The second-order valence-electron chi connectivity index (χ2n) is 10.4. The van der Waals surface area contributed by atoms with Gasteiger partial charge >= 0.3 is 0 Å². The molecule has 0 aliphatic carbocycles. The maximum atomic E-state index is 14.4. The molecule has 0 bridgehead atoms. The number of hydrogen-bond donors (Lipinski definition) is 0. The standard InChI is InChI=1S/C29H49FO/c1-6-7-8-9-10-11-12-13-14-15-16-17-18-19-21-29(5)22-20-26-25(4)27(30)23(2)24(3)28(26)31-29/h6-22H2,1-5H3/t29-/m1/s1. The predicted octanol–water partition coefficient (Wildman–Crippen LogP) is 9.71. The van der Waals surface area contributed by atoms with E-state index in [4.69, 9.17) is 4.74 Å². The van der Waals surface area contributed by atoms with E-state index in [1.165, 1.54) is 89.9 Å². The Labute approximate surface area is 192 Å². The molecule has 0 N–H and O–H groups in total. The van der Waals surface area contributed by atoms with Crippen molar-refractivity contribution in [3.63, 3.8) is 0 Å². The molecule has 2 rings (SSSR count). The van der Waals surface area contributed by atoms with Crippen LogP contribution in [0, 0.1) is 26.6 Å². The molecule has 1 aliphatic rings. The van der Waals surface area contributed by atoms with Crippen molar-refractivity contribution in [1.82, 2.24) is 0 Å². The van der Waals surface area contributed by atoms with Gasteiger partial charge in [0.2, 0.25) is 0 Å². The van der Waals surface area contributed by atoms with Gasteiger partial charge in [-0.2, -0.15) is 0 Å². The summed E-state index contributed by atoms with van der Waals surface area (Å²) in [5.74, 6) is 0.922. The summed E-state index contributed by atoms with van der Waals surface area (Å²) in [5.41, 5.74) is 3.53. The van der Waals surface area contributed by atoms with Crippen LogP contribution in [-0.2, 0) is 6.42 Å². The molecule has 31 heavy (non-hydrogen) atoms. The monoisotopic (exact) mass is 432 g/mol. The van der Waals surface area contributed by atoms with E-state index in [9.17, 15) is 4.39 Å². The third-order valence-corrected chi connectivity index (χ3v) is 7.60. The highest BCUT2D eigenvalue weighted by Gasteiger charge is 2.34. The highest BCUT2D eigenvalue weighted by Crippen LogP contribution is 2.42. The summed E-state index contributed by atoms with van der Waals surface area (Å²) < 4.78 is 20.9. The molecule has 1 atom stereocenters. The molecule has 0 spiro atoms. The fourth-order valence-corrected chi connectivity index (χ4v) is 5.14. The lowest BCUT2D eigenvalue weighted by Gasteiger charge is -2.38. The summed E-state index contributed by atoms with van der Waals surface area (Å²) in [6.07, 6.45) is 22.5. The van der Waals surface area contributed by atoms with Crippen LogP contribution in [0.1, 0.15) is 139 Å². The van der Waals surface area contributed by atoms with Gasteiger partial charge in [-0.3, -0.25) is 0 Å². The van der Waals surface area contributed by atoms with Gasteiger partial charge in [-0.25, -0.2) is 4.39 Å². The van der Waals surface area contributed by atoms with Crippen LogP contribution in [0.25, 0.3) is 0 Å². The van der Waals surface area contributed by atoms with Crippen LogP contribution >= 0.6 is 0 Å². The zero-order valence-electron chi connectivity index (χ0n) is 21.3. The van der Waals surface area contributed by atoms with E-state index in [2.05, 4.69) is 13.8 Å². The van der Waals surface area contributed by atoms with E-state index in [1.807, 2.05) is 20.8 Å². The molecule has 1 aliphatic heterocycles. The zero-order valence-corrected chi connectivity index (χ0v) is 21.3. The molecule has 0 unspecified atom stereocenters. The van der Waals surface area contributed by atoms with Crippen molar-refractivity contribution in [3.8, 4) is 5.75 Å². The second kappa shape index (κ2) is 13.5. The maximum absolute atomic E-state index is 14.4. The van der Waals surface area contributed by atoms with E-state index in [0.29, 0.717) is 0 Å². The highest BCUT2D eigenvalue weighted by molar-refractivity contribution is 5.52. The van der Waals surface area contributed by atoms with E-state index in [0.717, 1.165) is 47.3 Å². The first-order valence-electron chi connectivity index (χ1n) is 13.4. The molecular weight excluding hydrogens is 383 g/mol. The molecule has 0 amide bonds. The summed E-state index contributed by atoms with van der Waals surface area (Å²) >= 11 is 0. The molecule has 1 aromatic carbocycles. The van der Waals surface area contributed by atoms with Gasteiger partial charge in [0.25, 0.3) is 0 Å². The predicted molar refractivity (Wildman–Crippen MR) is 133 cm³/mol. The molecule has 0 saturated heterocycles. The topological polar surface area (TPSA) is 9.23 Å². The van der Waals surface area contributed by atoms with Crippen LogP contribution in [0.4, 0.5) is 4.39 Å². The minimum absolute atomic E-state index is 0.0459. The second-order valence-corrected chi connectivity index (χ2v) is 10.4. The first-order valence-corrected chi connectivity index (χ1v) is 13.4. The lowest BCUT2D eigenvalue weighted by Crippen LogP contribution is -2.37. The normalized spacial score (nSPS) is 18.1. The average molecular weight is 433 g/mol. The van der Waals surface area contributed by atoms with Crippen molar-refractivity contribution in [3.05, 3.63) is 28.1 Å². The molecule has 0 saturated carbocycles.